The van der Waals surface area contributed by atoms with Crippen LogP contribution in [0.4, 0.5) is 11.4 Å². The molecule has 0 aliphatic heterocycles. The van der Waals surface area contributed by atoms with Crippen LogP contribution in [0.25, 0.3) is 0 Å². The Hall–Kier alpha value is -2.29. The third kappa shape index (κ3) is 2.76. The number of benzene rings is 2. The Morgan fingerprint density at radius 1 is 1.11 bits per heavy atom. The van der Waals surface area contributed by atoms with Crippen LogP contribution in [0.5, 0.6) is 0 Å². The maximum atomic E-state index is 12.5. The summed E-state index contributed by atoms with van der Waals surface area (Å²) in [5.41, 5.74) is 9.13. The molecule has 1 amide bonds. The van der Waals surface area contributed by atoms with Gasteiger partial charge < -0.3 is 10.6 Å². The lowest BCUT2D eigenvalue weighted by molar-refractivity contribution is 0.0988. The highest BCUT2D eigenvalue weighted by Crippen LogP contribution is 2.24. The van der Waals surface area contributed by atoms with Crippen molar-refractivity contribution in [1.29, 1.82) is 0 Å². The van der Waals surface area contributed by atoms with E-state index in [0.717, 1.165) is 11.3 Å². The summed E-state index contributed by atoms with van der Waals surface area (Å²) in [6.45, 7) is 4.53. The lowest BCUT2D eigenvalue weighted by Crippen LogP contribution is -2.31. The van der Waals surface area contributed by atoms with E-state index in [9.17, 15) is 4.79 Å². The number of nitrogens with two attached hydrogens (primary N) is 1. The second kappa shape index (κ2) is 5.57. The number of carbonyl (C=O) groups excluding carboxylic acids is 1. The fourth-order valence-electron chi connectivity index (χ4n) is 2.01. The first-order chi connectivity index (χ1) is 9.13. The molecule has 3 nitrogen and oxygen atoms in total. The van der Waals surface area contributed by atoms with Gasteiger partial charge >= 0.3 is 0 Å². The summed E-state index contributed by atoms with van der Waals surface area (Å²) in [5, 5.41) is 0. The first kappa shape index (κ1) is 13.1. The molecule has 0 radical (unpaired) electrons. The fraction of sp³-hybridized carbons (Fsp3) is 0.188. The Kier molecular flexibility index (Phi) is 3.85. The van der Waals surface area contributed by atoms with E-state index < -0.39 is 0 Å². The average Bonchev–Trinajstić information content (AvgIpc) is 2.42. The van der Waals surface area contributed by atoms with Gasteiger partial charge in [0.1, 0.15) is 0 Å². The van der Waals surface area contributed by atoms with E-state index in [1.54, 1.807) is 11.0 Å². The predicted octanol–water partition coefficient (Wildman–Crippen LogP) is 3.24. The molecule has 19 heavy (non-hydrogen) atoms. The molecule has 0 saturated carbocycles. The summed E-state index contributed by atoms with van der Waals surface area (Å²) < 4.78 is 0. The minimum Gasteiger partial charge on any atom is -0.397 e. The Labute approximate surface area is 113 Å². The van der Waals surface area contributed by atoms with Crippen LogP contribution in [0.3, 0.4) is 0 Å². The summed E-state index contributed by atoms with van der Waals surface area (Å²) in [6, 6.07) is 15.0. The Balaban J connectivity index is 2.35. The van der Waals surface area contributed by atoms with Crippen LogP contribution < -0.4 is 10.6 Å². The number of nitrogens with zero attached hydrogens (tertiary/aromatic N) is 1. The molecule has 0 aromatic heterocycles. The monoisotopic (exact) mass is 254 g/mol. The van der Waals surface area contributed by atoms with Crippen molar-refractivity contribution >= 4 is 17.3 Å². The Morgan fingerprint density at radius 2 is 1.74 bits per heavy atom. The number of nitrogen functional groups attached to an aromatic ring is 1. The number of carbonyl (C=O) groups is 1. The van der Waals surface area contributed by atoms with Crippen LogP contribution in [0, 0.1) is 6.92 Å². The molecular weight excluding hydrogens is 236 g/mol. The van der Waals surface area contributed by atoms with Gasteiger partial charge in [-0.3, -0.25) is 4.79 Å². The van der Waals surface area contributed by atoms with Crippen molar-refractivity contribution in [2.24, 2.45) is 0 Å². The van der Waals surface area contributed by atoms with E-state index in [1.165, 1.54) is 0 Å². The number of aryl methyl sites for hydroxylation is 1. The van der Waals surface area contributed by atoms with E-state index in [0.29, 0.717) is 17.8 Å². The van der Waals surface area contributed by atoms with E-state index in [-0.39, 0.29) is 5.91 Å². The van der Waals surface area contributed by atoms with E-state index >= 15 is 0 Å². The summed E-state index contributed by atoms with van der Waals surface area (Å²) >= 11 is 0. The van der Waals surface area contributed by atoms with Gasteiger partial charge in [-0.15, -0.1) is 0 Å². The smallest absolute Gasteiger partial charge is 0.258 e. The van der Waals surface area contributed by atoms with E-state index in [2.05, 4.69) is 0 Å². The molecule has 0 saturated heterocycles. The molecule has 2 aromatic carbocycles. The second-order valence-corrected chi connectivity index (χ2v) is 4.47. The summed E-state index contributed by atoms with van der Waals surface area (Å²) in [7, 11) is 0. The number of amides is 1. The fourth-order valence-corrected chi connectivity index (χ4v) is 2.01. The molecule has 2 aromatic rings. The molecule has 0 heterocycles. The summed E-state index contributed by atoms with van der Waals surface area (Å²) in [4.78, 5) is 14.2. The third-order valence-corrected chi connectivity index (χ3v) is 3.09. The van der Waals surface area contributed by atoms with Gasteiger partial charge in [-0.25, -0.2) is 0 Å². The van der Waals surface area contributed by atoms with Crippen LogP contribution >= 0.6 is 0 Å². The molecule has 0 spiro atoms. The maximum Gasteiger partial charge on any atom is 0.258 e. The van der Waals surface area contributed by atoms with Gasteiger partial charge in [0, 0.05) is 12.1 Å². The van der Waals surface area contributed by atoms with Crippen LogP contribution in [0.15, 0.2) is 48.5 Å². The molecule has 0 aliphatic rings. The van der Waals surface area contributed by atoms with E-state index in [1.807, 2.05) is 56.3 Å². The molecule has 0 aliphatic carbocycles. The lowest BCUT2D eigenvalue weighted by Gasteiger charge is -2.22. The molecule has 3 heteroatoms. The molecule has 0 bridgehead atoms. The molecule has 0 fully saturated rings. The number of hydrogen-bond acceptors (Lipinski definition) is 2. The van der Waals surface area contributed by atoms with Crippen LogP contribution in [-0.4, -0.2) is 12.5 Å². The SMILES string of the molecule is CCN(C(=O)c1ccc(C)cc1)c1ccccc1N. The number of rotatable bonds is 3. The first-order valence-electron chi connectivity index (χ1n) is 6.36. The highest BCUT2D eigenvalue weighted by Gasteiger charge is 2.17. The first-order valence-corrected chi connectivity index (χ1v) is 6.36. The maximum absolute atomic E-state index is 12.5. The highest BCUT2D eigenvalue weighted by atomic mass is 16.2. The second-order valence-electron chi connectivity index (χ2n) is 4.47. The largest absolute Gasteiger partial charge is 0.397 e. The molecule has 0 unspecified atom stereocenters. The van der Waals surface area contributed by atoms with Crippen molar-refractivity contribution in [1.82, 2.24) is 0 Å². The van der Waals surface area contributed by atoms with Crippen LogP contribution in [-0.2, 0) is 0 Å². The zero-order chi connectivity index (χ0) is 13.8. The van der Waals surface area contributed by atoms with E-state index in [4.69, 9.17) is 5.73 Å². The molecule has 2 N–H and O–H groups in total. The van der Waals surface area contributed by atoms with Crippen molar-refractivity contribution in [3.05, 3.63) is 59.7 Å². The normalized spacial score (nSPS) is 10.2. The zero-order valence-corrected chi connectivity index (χ0v) is 11.3. The molecule has 0 atom stereocenters. The minimum atomic E-state index is -0.0274. The summed E-state index contributed by atoms with van der Waals surface area (Å²) in [6.07, 6.45) is 0. The lowest BCUT2D eigenvalue weighted by atomic mass is 10.1. The molecular formula is C16H18N2O. The number of anilines is 2. The van der Waals surface area contributed by atoms with Crippen molar-refractivity contribution in [2.45, 2.75) is 13.8 Å². The van der Waals surface area contributed by atoms with Crippen LogP contribution in [0.2, 0.25) is 0 Å². The van der Waals surface area contributed by atoms with Crippen molar-refractivity contribution in [3.63, 3.8) is 0 Å². The quantitative estimate of drug-likeness (QED) is 0.855. The minimum absolute atomic E-state index is 0.0274. The van der Waals surface area contributed by atoms with Crippen LogP contribution in [0.1, 0.15) is 22.8 Å². The van der Waals surface area contributed by atoms with Gasteiger partial charge in [0.2, 0.25) is 0 Å². The third-order valence-electron chi connectivity index (χ3n) is 3.09. The number of para-hydroxylation sites is 2. The predicted molar refractivity (Wildman–Crippen MR) is 79.4 cm³/mol. The molecule has 2 rings (SSSR count). The zero-order valence-electron chi connectivity index (χ0n) is 11.3. The van der Waals surface area contributed by atoms with Crippen molar-refractivity contribution < 1.29 is 4.79 Å². The van der Waals surface area contributed by atoms with Gasteiger partial charge in [-0.2, -0.15) is 0 Å². The van der Waals surface area contributed by atoms with Crippen molar-refractivity contribution in [3.8, 4) is 0 Å². The summed E-state index contributed by atoms with van der Waals surface area (Å²) in [5.74, 6) is -0.0274. The Bertz CT molecular complexity index is 576. The topological polar surface area (TPSA) is 46.3 Å². The Morgan fingerprint density at radius 3 is 2.32 bits per heavy atom. The average molecular weight is 254 g/mol. The van der Waals surface area contributed by atoms with Gasteiger partial charge in [0.05, 0.1) is 11.4 Å². The number of hydrogen-bond donors (Lipinski definition) is 1. The van der Waals surface area contributed by atoms with Gasteiger partial charge in [0.15, 0.2) is 0 Å². The van der Waals surface area contributed by atoms with Gasteiger partial charge in [-0.1, -0.05) is 29.8 Å². The highest BCUT2D eigenvalue weighted by molar-refractivity contribution is 6.07. The van der Waals surface area contributed by atoms with Gasteiger partial charge in [-0.05, 0) is 38.1 Å². The van der Waals surface area contributed by atoms with Crippen molar-refractivity contribution in [2.75, 3.05) is 17.2 Å². The van der Waals surface area contributed by atoms with Gasteiger partial charge in [0.25, 0.3) is 5.91 Å². The standard InChI is InChI=1S/C16H18N2O/c1-3-18(15-7-5-4-6-14(15)17)16(19)13-10-8-12(2)9-11-13/h4-11H,3,17H2,1-2H3. The molecule has 98 valence electrons.